The maximum atomic E-state index is 12.8. The first-order chi connectivity index (χ1) is 14.8. The van der Waals surface area contributed by atoms with Crippen molar-refractivity contribution >= 4 is 24.6 Å². The van der Waals surface area contributed by atoms with E-state index in [4.69, 9.17) is 4.42 Å². The number of amides is 2. The molecule has 2 amide bonds. The van der Waals surface area contributed by atoms with E-state index in [1.54, 1.807) is 30.1 Å². The molecular weight excluding hydrogens is 394 g/mol. The second-order valence-electron chi connectivity index (χ2n) is 8.68. The van der Waals surface area contributed by atoms with Crippen LogP contribution in [0.25, 0.3) is 6.08 Å². The molecular formula is C23H29N5O3. The van der Waals surface area contributed by atoms with Gasteiger partial charge in [-0.15, -0.1) is 0 Å². The number of nitrogens with one attached hydrogen (secondary N) is 1. The lowest BCUT2D eigenvalue weighted by atomic mass is 9.90. The van der Waals surface area contributed by atoms with Gasteiger partial charge in [-0.25, -0.2) is 0 Å². The average Bonchev–Trinajstić information content (AvgIpc) is 3.07. The fraction of sp³-hybridized carbons (Fsp3) is 0.478. The zero-order valence-electron chi connectivity index (χ0n) is 18.4. The molecule has 4 rings (SSSR count). The number of aromatic nitrogens is 2. The molecule has 2 aliphatic rings. The van der Waals surface area contributed by atoms with E-state index >= 15 is 0 Å². The molecule has 2 aromatic heterocycles. The monoisotopic (exact) mass is 423 g/mol. The highest BCUT2D eigenvalue weighted by Crippen LogP contribution is 2.59. The van der Waals surface area contributed by atoms with E-state index in [0.717, 1.165) is 43.6 Å². The number of aliphatic imine (C=N–C) groups is 1. The van der Waals surface area contributed by atoms with E-state index < -0.39 is 0 Å². The summed E-state index contributed by atoms with van der Waals surface area (Å²) in [5, 5.41) is 7.29. The zero-order valence-corrected chi connectivity index (χ0v) is 18.4. The van der Waals surface area contributed by atoms with Crippen LogP contribution >= 0.6 is 0 Å². The van der Waals surface area contributed by atoms with Crippen molar-refractivity contribution in [3.8, 4) is 0 Å². The van der Waals surface area contributed by atoms with Gasteiger partial charge < -0.3 is 14.6 Å². The largest absolute Gasteiger partial charge is 0.456 e. The van der Waals surface area contributed by atoms with Crippen LogP contribution in [0.15, 0.2) is 27.7 Å². The molecule has 0 aromatic carbocycles. The van der Waals surface area contributed by atoms with Crippen LogP contribution < -0.4 is 5.32 Å². The molecule has 0 bridgehead atoms. The fourth-order valence-corrected chi connectivity index (χ4v) is 4.67. The lowest BCUT2D eigenvalue weighted by Crippen LogP contribution is -2.41. The Balaban J connectivity index is 1.28. The number of furan rings is 1. The number of nitrogens with zero attached hydrogens (tertiary/aromatic N) is 4. The molecule has 3 heterocycles. The van der Waals surface area contributed by atoms with Gasteiger partial charge in [0.25, 0.3) is 11.8 Å². The van der Waals surface area contributed by atoms with Crippen molar-refractivity contribution in [1.29, 1.82) is 0 Å². The van der Waals surface area contributed by atoms with Gasteiger partial charge >= 0.3 is 0 Å². The number of carbonyl (C=O) groups excluding carboxylic acids is 2. The van der Waals surface area contributed by atoms with Crippen LogP contribution in [-0.2, 0) is 7.05 Å². The third-order valence-corrected chi connectivity index (χ3v) is 6.67. The summed E-state index contributed by atoms with van der Waals surface area (Å²) in [6, 6.07) is 3.56. The second kappa shape index (κ2) is 8.17. The van der Waals surface area contributed by atoms with E-state index in [9.17, 15) is 9.59 Å². The van der Waals surface area contributed by atoms with Gasteiger partial charge in [0.15, 0.2) is 5.76 Å². The summed E-state index contributed by atoms with van der Waals surface area (Å²) in [6.45, 7) is 9.25. The highest BCUT2D eigenvalue weighted by atomic mass is 16.3. The molecule has 1 atom stereocenters. The number of rotatable bonds is 6. The van der Waals surface area contributed by atoms with Crippen LogP contribution in [-0.4, -0.2) is 52.8 Å². The summed E-state index contributed by atoms with van der Waals surface area (Å²) >= 11 is 0. The summed E-state index contributed by atoms with van der Waals surface area (Å²) in [7, 11) is 1.81. The fourth-order valence-electron chi connectivity index (χ4n) is 4.67. The van der Waals surface area contributed by atoms with Crippen LogP contribution in [0, 0.1) is 25.2 Å². The Labute approximate surface area is 182 Å². The summed E-state index contributed by atoms with van der Waals surface area (Å²) in [5.41, 5.74) is 2.56. The topological polar surface area (TPSA) is 92.7 Å². The Morgan fingerprint density at radius 2 is 2.10 bits per heavy atom. The molecule has 1 N–H and O–H groups in total. The lowest BCUT2D eigenvalue weighted by Gasteiger charge is -2.33. The minimum atomic E-state index is -0.199. The zero-order chi connectivity index (χ0) is 22.2. The quantitative estimate of drug-likeness (QED) is 0.723. The predicted molar refractivity (Wildman–Crippen MR) is 118 cm³/mol. The molecule has 1 aliphatic heterocycles. The first-order valence-corrected chi connectivity index (χ1v) is 10.6. The maximum Gasteiger partial charge on any atom is 0.287 e. The molecule has 8 nitrogen and oxygen atoms in total. The molecule has 1 saturated heterocycles. The number of piperidine rings is 1. The van der Waals surface area contributed by atoms with E-state index in [0.29, 0.717) is 29.7 Å². The molecule has 0 radical (unpaired) electrons. The maximum absolute atomic E-state index is 12.8. The number of hydrogen-bond donors (Lipinski definition) is 1. The van der Waals surface area contributed by atoms with Gasteiger partial charge in [0.2, 0.25) is 0 Å². The van der Waals surface area contributed by atoms with Crippen molar-refractivity contribution < 1.29 is 14.0 Å². The minimum absolute atomic E-state index is 0.0492. The van der Waals surface area contributed by atoms with Crippen molar-refractivity contribution in [2.75, 3.05) is 19.6 Å². The van der Waals surface area contributed by atoms with Crippen LogP contribution in [0.3, 0.4) is 0 Å². The standard InChI is InChI=1S/C23H29N5O3/c1-15-11-19(27(4)26-15)22(30)28-9-6-23(7-10-28)13-18(23)14-25-21(29)20-12-17(5-8-24-3)16(2)31-20/h5,8,11-12,18H,3,6-7,9-10,13-14H2,1-2,4H3,(H,25,29)/b8-5-. The Morgan fingerprint density at radius 3 is 2.74 bits per heavy atom. The van der Waals surface area contributed by atoms with Crippen LogP contribution in [0.4, 0.5) is 0 Å². The number of likely N-dealkylation sites (tertiary alicyclic amines) is 1. The van der Waals surface area contributed by atoms with Crippen molar-refractivity contribution in [2.45, 2.75) is 33.1 Å². The number of carbonyl (C=O) groups is 2. The highest BCUT2D eigenvalue weighted by Gasteiger charge is 2.54. The molecule has 31 heavy (non-hydrogen) atoms. The van der Waals surface area contributed by atoms with E-state index in [2.05, 4.69) is 22.1 Å². The minimum Gasteiger partial charge on any atom is -0.456 e. The lowest BCUT2D eigenvalue weighted by molar-refractivity contribution is 0.0657. The molecule has 164 valence electrons. The third kappa shape index (κ3) is 4.19. The van der Waals surface area contributed by atoms with Gasteiger partial charge in [-0.3, -0.25) is 19.3 Å². The first kappa shape index (κ1) is 21.1. The normalized spacial score (nSPS) is 19.7. The molecule has 1 aliphatic carbocycles. The summed E-state index contributed by atoms with van der Waals surface area (Å²) in [6.07, 6.45) is 6.37. The highest BCUT2D eigenvalue weighted by molar-refractivity contribution is 5.93. The Bertz CT molecular complexity index is 1040. The van der Waals surface area contributed by atoms with Crippen molar-refractivity contribution in [2.24, 2.45) is 23.4 Å². The average molecular weight is 424 g/mol. The van der Waals surface area contributed by atoms with Crippen molar-refractivity contribution in [3.05, 3.63) is 46.8 Å². The molecule has 8 heteroatoms. The molecule has 1 unspecified atom stereocenters. The Hall–Kier alpha value is -3.16. The second-order valence-corrected chi connectivity index (χ2v) is 8.68. The summed E-state index contributed by atoms with van der Waals surface area (Å²) in [4.78, 5) is 30.9. The third-order valence-electron chi connectivity index (χ3n) is 6.67. The number of aryl methyl sites for hydroxylation is 3. The molecule has 1 spiro atoms. The molecule has 2 aromatic rings. The predicted octanol–water partition coefficient (Wildman–Crippen LogP) is 2.97. The molecule has 1 saturated carbocycles. The van der Waals surface area contributed by atoms with Gasteiger partial charge in [0.05, 0.1) is 5.69 Å². The van der Waals surface area contributed by atoms with Crippen LogP contribution in [0.2, 0.25) is 0 Å². The van der Waals surface area contributed by atoms with E-state index in [-0.39, 0.29) is 17.2 Å². The smallest absolute Gasteiger partial charge is 0.287 e. The summed E-state index contributed by atoms with van der Waals surface area (Å²) in [5.74, 6) is 1.29. The van der Waals surface area contributed by atoms with Gasteiger partial charge in [-0.1, -0.05) is 0 Å². The Morgan fingerprint density at radius 1 is 1.35 bits per heavy atom. The van der Waals surface area contributed by atoms with Crippen molar-refractivity contribution in [1.82, 2.24) is 20.0 Å². The van der Waals surface area contributed by atoms with Gasteiger partial charge in [-0.2, -0.15) is 5.10 Å². The number of hydrogen-bond acceptors (Lipinski definition) is 5. The van der Waals surface area contributed by atoms with E-state index in [1.807, 2.05) is 24.8 Å². The van der Waals surface area contributed by atoms with E-state index in [1.165, 1.54) is 0 Å². The summed E-state index contributed by atoms with van der Waals surface area (Å²) < 4.78 is 7.24. The van der Waals surface area contributed by atoms with Gasteiger partial charge in [0, 0.05) is 38.4 Å². The molecule has 2 fully saturated rings. The SMILES string of the molecule is C=N/C=C\c1cc(C(=O)NCC2CC23CCN(C(=O)c2cc(C)nn2C)CC3)oc1C. The Kier molecular flexibility index (Phi) is 5.56. The van der Waals surface area contributed by atoms with Gasteiger partial charge in [-0.05, 0) is 69.4 Å². The first-order valence-electron chi connectivity index (χ1n) is 10.6. The van der Waals surface area contributed by atoms with Crippen molar-refractivity contribution in [3.63, 3.8) is 0 Å². The van der Waals surface area contributed by atoms with Crippen LogP contribution in [0.1, 0.15) is 57.3 Å². The van der Waals surface area contributed by atoms with Gasteiger partial charge in [0.1, 0.15) is 11.5 Å². The van der Waals surface area contributed by atoms with Crippen LogP contribution in [0.5, 0.6) is 0 Å².